The van der Waals surface area contributed by atoms with E-state index in [1.54, 1.807) is 13.8 Å². The van der Waals surface area contributed by atoms with Gasteiger partial charge in [-0.1, -0.05) is 0 Å². The summed E-state index contributed by atoms with van der Waals surface area (Å²) in [4.78, 5) is 22.7. The molecular weight excluding hydrogens is 256 g/mol. The monoisotopic (exact) mass is 274 g/mol. The number of hydrogen-bond donors (Lipinski definition) is 0. The lowest BCUT2D eigenvalue weighted by Crippen LogP contribution is -2.64. The molecule has 0 aliphatic carbocycles. The van der Waals surface area contributed by atoms with Gasteiger partial charge in [0.25, 0.3) is 0 Å². The smallest absolute Gasteiger partial charge is 0.335 e. The Morgan fingerprint density at radius 3 is 2.47 bits per heavy atom. The highest BCUT2D eigenvalue weighted by Gasteiger charge is 2.53. The van der Waals surface area contributed by atoms with Gasteiger partial charge in [-0.25, -0.2) is 4.79 Å². The van der Waals surface area contributed by atoms with Gasteiger partial charge in [0.05, 0.1) is 6.10 Å². The molecule has 2 saturated heterocycles. The summed E-state index contributed by atoms with van der Waals surface area (Å²) >= 11 is 0. The number of rotatable bonds is 2. The third kappa shape index (κ3) is 2.72. The van der Waals surface area contributed by atoms with Crippen LogP contribution in [0.25, 0.3) is 0 Å². The average molecular weight is 274 g/mol. The summed E-state index contributed by atoms with van der Waals surface area (Å²) in [5.74, 6) is -0.925. The van der Waals surface area contributed by atoms with Crippen LogP contribution in [0.1, 0.15) is 20.8 Å². The largest absolute Gasteiger partial charge is 0.455 e. The van der Waals surface area contributed by atoms with Crippen molar-refractivity contribution in [3.8, 4) is 0 Å². The Labute approximate surface area is 111 Å². The summed E-state index contributed by atoms with van der Waals surface area (Å²) in [5.41, 5.74) is 0. The molecule has 0 N–H and O–H groups in total. The predicted molar refractivity (Wildman–Crippen MR) is 61.1 cm³/mol. The molecule has 108 valence electrons. The van der Waals surface area contributed by atoms with Crippen LogP contribution < -0.4 is 0 Å². The van der Waals surface area contributed by atoms with Gasteiger partial charge >= 0.3 is 11.9 Å². The number of esters is 2. The fourth-order valence-corrected chi connectivity index (χ4v) is 2.32. The zero-order chi connectivity index (χ0) is 14.2. The Morgan fingerprint density at radius 1 is 1.21 bits per heavy atom. The topological polar surface area (TPSA) is 80.3 Å². The van der Waals surface area contributed by atoms with Crippen molar-refractivity contribution in [2.45, 2.75) is 57.6 Å². The molecule has 0 saturated carbocycles. The second kappa shape index (κ2) is 5.44. The summed E-state index contributed by atoms with van der Waals surface area (Å²) in [6.45, 7) is 4.63. The molecule has 0 aromatic rings. The molecule has 0 aromatic heterocycles. The van der Waals surface area contributed by atoms with E-state index in [0.717, 1.165) is 0 Å². The van der Waals surface area contributed by atoms with Crippen LogP contribution in [0.3, 0.4) is 0 Å². The third-order valence-corrected chi connectivity index (χ3v) is 3.21. The number of methoxy groups -OCH3 is 1. The molecule has 6 atom stereocenters. The minimum absolute atomic E-state index is 0.404. The second-order valence-electron chi connectivity index (χ2n) is 4.66. The molecule has 2 fully saturated rings. The Balaban J connectivity index is 2.22. The highest BCUT2D eigenvalue weighted by atomic mass is 16.7. The van der Waals surface area contributed by atoms with Gasteiger partial charge in [-0.15, -0.1) is 0 Å². The maximum absolute atomic E-state index is 11.5. The van der Waals surface area contributed by atoms with Crippen molar-refractivity contribution < 1.29 is 33.3 Å². The standard InChI is InChI=1S/C12H18O7/c1-5-8-9(16-6(2)11(14)19-8)10(18-7(3)13)12(15-4)17-5/h5-6,8-10,12H,1-4H3/t5-,6-,8-,9+,10+,12+/m0/s1. The van der Waals surface area contributed by atoms with Gasteiger partial charge in [-0.3, -0.25) is 4.79 Å². The van der Waals surface area contributed by atoms with Gasteiger partial charge in [0, 0.05) is 14.0 Å². The van der Waals surface area contributed by atoms with Gasteiger partial charge in [0.2, 0.25) is 0 Å². The van der Waals surface area contributed by atoms with E-state index in [0.29, 0.717) is 0 Å². The van der Waals surface area contributed by atoms with Crippen molar-refractivity contribution in [1.82, 2.24) is 0 Å². The minimum atomic E-state index is -0.765. The van der Waals surface area contributed by atoms with Crippen molar-refractivity contribution in [3.05, 3.63) is 0 Å². The lowest BCUT2D eigenvalue weighted by molar-refractivity contribution is -0.317. The third-order valence-electron chi connectivity index (χ3n) is 3.21. The van der Waals surface area contributed by atoms with E-state index < -0.39 is 48.7 Å². The van der Waals surface area contributed by atoms with E-state index in [1.165, 1.54) is 14.0 Å². The van der Waals surface area contributed by atoms with E-state index >= 15 is 0 Å². The fraction of sp³-hybridized carbons (Fsp3) is 0.833. The first-order chi connectivity index (χ1) is 8.93. The van der Waals surface area contributed by atoms with E-state index in [2.05, 4.69) is 0 Å². The maximum atomic E-state index is 11.5. The van der Waals surface area contributed by atoms with E-state index in [9.17, 15) is 9.59 Å². The molecule has 0 unspecified atom stereocenters. The SMILES string of the molecule is CO[C@@H]1O[C@@H](C)[C@@H]2OC(=O)[C@H](C)O[C@H]2[C@H]1OC(C)=O. The average Bonchev–Trinajstić information content (AvgIpc) is 2.34. The molecule has 0 spiro atoms. The molecule has 7 heteroatoms. The van der Waals surface area contributed by atoms with E-state index in [-0.39, 0.29) is 0 Å². The van der Waals surface area contributed by atoms with Gasteiger partial charge in [0.1, 0.15) is 6.10 Å². The number of ether oxygens (including phenoxy) is 5. The second-order valence-corrected chi connectivity index (χ2v) is 4.66. The van der Waals surface area contributed by atoms with Crippen molar-refractivity contribution in [2.75, 3.05) is 7.11 Å². The first-order valence-electron chi connectivity index (χ1n) is 6.15. The molecule has 0 radical (unpaired) electrons. The van der Waals surface area contributed by atoms with E-state index in [4.69, 9.17) is 23.7 Å². The summed E-state index contributed by atoms with van der Waals surface area (Å²) in [7, 11) is 1.45. The van der Waals surface area contributed by atoms with Crippen molar-refractivity contribution in [3.63, 3.8) is 0 Å². The Morgan fingerprint density at radius 2 is 1.89 bits per heavy atom. The van der Waals surface area contributed by atoms with Crippen LogP contribution in [-0.4, -0.2) is 55.9 Å². The molecule has 0 aromatic carbocycles. The van der Waals surface area contributed by atoms with Gasteiger partial charge in [0.15, 0.2) is 24.6 Å². The normalized spacial score (nSPS) is 42.2. The first kappa shape index (κ1) is 14.2. The highest BCUT2D eigenvalue weighted by molar-refractivity contribution is 5.75. The predicted octanol–water partition coefficient (Wildman–Crippen LogP) is 0.00840. The van der Waals surface area contributed by atoms with Crippen LogP contribution in [0.5, 0.6) is 0 Å². The first-order valence-corrected chi connectivity index (χ1v) is 6.15. The summed E-state index contributed by atoms with van der Waals surface area (Å²) in [6.07, 6.45) is -3.83. The van der Waals surface area contributed by atoms with Crippen molar-refractivity contribution >= 4 is 11.9 Å². The minimum Gasteiger partial charge on any atom is -0.455 e. The maximum Gasteiger partial charge on any atom is 0.335 e. The number of carbonyl (C=O) groups is 2. The number of carbonyl (C=O) groups excluding carboxylic acids is 2. The van der Waals surface area contributed by atoms with Gasteiger partial charge in [-0.2, -0.15) is 0 Å². The van der Waals surface area contributed by atoms with Gasteiger partial charge in [-0.05, 0) is 13.8 Å². The molecule has 2 heterocycles. The summed E-state index contributed by atoms with van der Waals surface area (Å²) in [6, 6.07) is 0. The molecule has 2 aliphatic rings. The Bertz CT molecular complexity index is 369. The number of hydrogen-bond acceptors (Lipinski definition) is 7. The van der Waals surface area contributed by atoms with Crippen LogP contribution in [0.2, 0.25) is 0 Å². The van der Waals surface area contributed by atoms with Crippen molar-refractivity contribution in [2.24, 2.45) is 0 Å². The lowest BCUT2D eigenvalue weighted by Gasteiger charge is -2.46. The molecular formula is C12H18O7. The molecule has 0 amide bonds. The van der Waals surface area contributed by atoms with Crippen LogP contribution in [0.15, 0.2) is 0 Å². The van der Waals surface area contributed by atoms with Crippen LogP contribution >= 0.6 is 0 Å². The van der Waals surface area contributed by atoms with Crippen LogP contribution in [0, 0.1) is 0 Å². The van der Waals surface area contributed by atoms with E-state index in [1.807, 2.05) is 0 Å². The molecule has 2 aliphatic heterocycles. The lowest BCUT2D eigenvalue weighted by atomic mass is 9.97. The summed E-state index contributed by atoms with van der Waals surface area (Å²) < 4.78 is 26.8. The zero-order valence-electron chi connectivity index (χ0n) is 11.3. The van der Waals surface area contributed by atoms with Gasteiger partial charge < -0.3 is 23.7 Å². The Kier molecular flexibility index (Phi) is 4.07. The molecule has 2 rings (SSSR count). The zero-order valence-corrected chi connectivity index (χ0v) is 11.3. The van der Waals surface area contributed by atoms with Crippen molar-refractivity contribution in [1.29, 1.82) is 0 Å². The number of fused-ring (bicyclic) bond motifs is 1. The molecule has 7 nitrogen and oxygen atoms in total. The molecule has 0 bridgehead atoms. The molecule has 19 heavy (non-hydrogen) atoms. The Hall–Kier alpha value is -1.18. The highest BCUT2D eigenvalue weighted by Crippen LogP contribution is 2.32. The summed E-state index contributed by atoms with van der Waals surface area (Å²) in [5, 5.41) is 0. The fourth-order valence-electron chi connectivity index (χ4n) is 2.32. The van der Waals surface area contributed by atoms with Crippen LogP contribution in [0.4, 0.5) is 0 Å². The quantitative estimate of drug-likeness (QED) is 0.656. The van der Waals surface area contributed by atoms with Crippen LogP contribution in [-0.2, 0) is 33.3 Å².